The van der Waals surface area contributed by atoms with Crippen molar-refractivity contribution < 1.29 is 9.59 Å². The number of nitrogens with one attached hydrogen (secondary N) is 3. The summed E-state index contributed by atoms with van der Waals surface area (Å²) in [7, 11) is 1.72. The summed E-state index contributed by atoms with van der Waals surface area (Å²) in [6.07, 6.45) is 5.91. The van der Waals surface area contributed by atoms with Crippen molar-refractivity contribution in [2.24, 2.45) is 4.99 Å². The lowest BCUT2D eigenvalue weighted by molar-refractivity contribution is -0.131. The lowest BCUT2D eigenvalue weighted by Gasteiger charge is -2.20. The summed E-state index contributed by atoms with van der Waals surface area (Å²) in [5.41, 5.74) is -0.606. The molecule has 1 saturated heterocycles. The van der Waals surface area contributed by atoms with E-state index in [2.05, 4.69) is 20.9 Å². The molecule has 2 aliphatic carbocycles. The standard InChI is InChI=1S/C14H23N5O2/c1-15-12(17-10-4-5-10)16-8-9-19-11(20)14(18-13(19)21)6-2-3-7-14/h10H,2-9H2,1H3,(H,18,21)(H2,15,16,17). The molecule has 7 nitrogen and oxygen atoms in total. The van der Waals surface area contributed by atoms with Crippen LogP contribution in [0.15, 0.2) is 4.99 Å². The summed E-state index contributed by atoms with van der Waals surface area (Å²) in [6.45, 7) is 0.888. The summed E-state index contributed by atoms with van der Waals surface area (Å²) in [5.74, 6) is 0.678. The highest BCUT2D eigenvalue weighted by atomic mass is 16.2. The Morgan fingerprint density at radius 3 is 2.71 bits per heavy atom. The van der Waals surface area contributed by atoms with Crippen molar-refractivity contribution in [2.75, 3.05) is 20.1 Å². The molecule has 0 radical (unpaired) electrons. The molecule has 0 unspecified atom stereocenters. The molecule has 1 heterocycles. The Bertz CT molecular complexity index is 466. The molecule has 3 rings (SSSR count). The number of nitrogens with zero attached hydrogens (tertiary/aromatic N) is 2. The summed E-state index contributed by atoms with van der Waals surface area (Å²) < 4.78 is 0. The molecule has 1 spiro atoms. The smallest absolute Gasteiger partial charge is 0.325 e. The second kappa shape index (κ2) is 5.54. The van der Waals surface area contributed by atoms with Gasteiger partial charge in [-0.15, -0.1) is 0 Å². The van der Waals surface area contributed by atoms with E-state index in [0.717, 1.165) is 31.6 Å². The minimum Gasteiger partial charge on any atom is -0.355 e. The van der Waals surface area contributed by atoms with Gasteiger partial charge in [0.15, 0.2) is 5.96 Å². The van der Waals surface area contributed by atoms with Crippen LogP contribution in [-0.4, -0.2) is 54.5 Å². The number of hydrogen-bond acceptors (Lipinski definition) is 3. The fraction of sp³-hybridized carbons (Fsp3) is 0.786. The SMILES string of the molecule is CN=C(NCCN1C(=O)NC2(CCCC2)C1=O)NC1CC1. The van der Waals surface area contributed by atoms with Crippen molar-refractivity contribution >= 4 is 17.9 Å². The van der Waals surface area contributed by atoms with Crippen LogP contribution in [0, 0.1) is 0 Å². The molecule has 2 saturated carbocycles. The van der Waals surface area contributed by atoms with Gasteiger partial charge in [0, 0.05) is 26.2 Å². The van der Waals surface area contributed by atoms with Crippen molar-refractivity contribution in [3.63, 3.8) is 0 Å². The molecule has 3 N–H and O–H groups in total. The predicted octanol–water partition coefficient (Wildman–Crippen LogP) is 0.178. The Labute approximate surface area is 124 Å². The molecule has 0 aromatic heterocycles. The van der Waals surface area contributed by atoms with Crippen LogP contribution in [0.2, 0.25) is 0 Å². The van der Waals surface area contributed by atoms with Crippen molar-refractivity contribution in [1.29, 1.82) is 0 Å². The molecule has 0 aromatic rings. The van der Waals surface area contributed by atoms with Crippen LogP contribution in [0.4, 0.5) is 4.79 Å². The third-order valence-electron chi connectivity index (χ3n) is 4.47. The Kier molecular flexibility index (Phi) is 3.73. The highest BCUT2D eigenvalue weighted by Crippen LogP contribution is 2.34. The zero-order valence-electron chi connectivity index (χ0n) is 12.4. The van der Waals surface area contributed by atoms with E-state index in [-0.39, 0.29) is 11.9 Å². The molecule has 3 aliphatic rings. The third kappa shape index (κ3) is 2.82. The number of urea groups is 1. The zero-order chi connectivity index (χ0) is 14.9. The van der Waals surface area contributed by atoms with E-state index in [9.17, 15) is 9.59 Å². The second-order valence-corrected chi connectivity index (χ2v) is 6.09. The van der Waals surface area contributed by atoms with E-state index < -0.39 is 5.54 Å². The summed E-state index contributed by atoms with van der Waals surface area (Å²) >= 11 is 0. The number of carbonyl (C=O) groups excluding carboxylic acids is 2. The van der Waals surface area contributed by atoms with Crippen LogP contribution in [0.25, 0.3) is 0 Å². The molecule has 7 heteroatoms. The zero-order valence-corrected chi connectivity index (χ0v) is 12.4. The van der Waals surface area contributed by atoms with Gasteiger partial charge >= 0.3 is 6.03 Å². The number of rotatable bonds is 4. The number of aliphatic imine (C=N–C) groups is 1. The highest BCUT2D eigenvalue weighted by molar-refractivity contribution is 6.07. The molecule has 0 aromatic carbocycles. The molecular weight excluding hydrogens is 270 g/mol. The van der Waals surface area contributed by atoms with Gasteiger partial charge in [-0.1, -0.05) is 12.8 Å². The van der Waals surface area contributed by atoms with Gasteiger partial charge in [-0.25, -0.2) is 4.79 Å². The molecule has 3 amide bonds. The van der Waals surface area contributed by atoms with Crippen LogP contribution < -0.4 is 16.0 Å². The summed E-state index contributed by atoms with van der Waals surface area (Å²) in [6, 6.07) is 0.267. The first kappa shape index (κ1) is 14.2. The maximum Gasteiger partial charge on any atom is 0.325 e. The van der Waals surface area contributed by atoms with E-state index in [1.807, 2.05) is 0 Å². The Balaban J connectivity index is 1.50. The molecule has 21 heavy (non-hydrogen) atoms. The number of guanidine groups is 1. The van der Waals surface area contributed by atoms with E-state index in [1.54, 1.807) is 7.05 Å². The lowest BCUT2D eigenvalue weighted by atomic mass is 9.98. The first-order valence-electron chi connectivity index (χ1n) is 7.76. The van der Waals surface area contributed by atoms with Crippen LogP contribution in [0.3, 0.4) is 0 Å². The van der Waals surface area contributed by atoms with Gasteiger partial charge in [0.25, 0.3) is 5.91 Å². The van der Waals surface area contributed by atoms with E-state index in [1.165, 1.54) is 17.7 Å². The van der Waals surface area contributed by atoms with E-state index >= 15 is 0 Å². The van der Waals surface area contributed by atoms with E-state index in [4.69, 9.17) is 0 Å². The lowest BCUT2D eigenvalue weighted by Crippen LogP contribution is -2.45. The fourth-order valence-electron chi connectivity index (χ4n) is 3.10. The second-order valence-electron chi connectivity index (χ2n) is 6.09. The van der Waals surface area contributed by atoms with Gasteiger partial charge in [0.1, 0.15) is 5.54 Å². The number of amides is 3. The maximum absolute atomic E-state index is 12.4. The summed E-state index contributed by atoms with van der Waals surface area (Å²) in [4.78, 5) is 29.9. The van der Waals surface area contributed by atoms with Gasteiger partial charge in [-0.3, -0.25) is 14.7 Å². The summed E-state index contributed by atoms with van der Waals surface area (Å²) in [5, 5.41) is 9.31. The van der Waals surface area contributed by atoms with Gasteiger partial charge in [-0.05, 0) is 25.7 Å². The fourth-order valence-corrected chi connectivity index (χ4v) is 3.10. The van der Waals surface area contributed by atoms with Crippen LogP contribution in [0.5, 0.6) is 0 Å². The Morgan fingerprint density at radius 1 is 1.38 bits per heavy atom. The molecule has 1 aliphatic heterocycles. The topological polar surface area (TPSA) is 85.8 Å². The van der Waals surface area contributed by atoms with Crippen molar-refractivity contribution in [3.8, 4) is 0 Å². The van der Waals surface area contributed by atoms with Gasteiger partial charge in [0.2, 0.25) is 0 Å². The molecule has 3 fully saturated rings. The highest BCUT2D eigenvalue weighted by Gasteiger charge is 2.52. The van der Waals surface area contributed by atoms with E-state index in [0.29, 0.717) is 19.1 Å². The predicted molar refractivity (Wildman–Crippen MR) is 79.0 cm³/mol. The van der Waals surface area contributed by atoms with Gasteiger partial charge in [0.05, 0.1) is 0 Å². The van der Waals surface area contributed by atoms with Crippen LogP contribution in [0.1, 0.15) is 38.5 Å². The number of hydrogen-bond donors (Lipinski definition) is 3. The van der Waals surface area contributed by atoms with Crippen LogP contribution >= 0.6 is 0 Å². The molecule has 0 bridgehead atoms. The van der Waals surface area contributed by atoms with Crippen molar-refractivity contribution in [1.82, 2.24) is 20.9 Å². The van der Waals surface area contributed by atoms with Crippen LogP contribution in [-0.2, 0) is 4.79 Å². The minimum atomic E-state index is -0.606. The normalized spacial score (nSPS) is 24.6. The quantitative estimate of drug-likeness (QED) is 0.392. The Morgan fingerprint density at radius 2 is 2.10 bits per heavy atom. The first-order valence-corrected chi connectivity index (χ1v) is 7.76. The average Bonchev–Trinajstić information content (AvgIpc) is 3.11. The van der Waals surface area contributed by atoms with Crippen molar-refractivity contribution in [2.45, 2.75) is 50.1 Å². The van der Waals surface area contributed by atoms with Gasteiger partial charge < -0.3 is 16.0 Å². The minimum absolute atomic E-state index is 0.0584. The number of carbonyl (C=O) groups is 2. The Hall–Kier alpha value is -1.79. The first-order chi connectivity index (χ1) is 10.1. The van der Waals surface area contributed by atoms with Crippen molar-refractivity contribution in [3.05, 3.63) is 0 Å². The average molecular weight is 293 g/mol. The third-order valence-corrected chi connectivity index (χ3v) is 4.47. The largest absolute Gasteiger partial charge is 0.355 e. The van der Waals surface area contributed by atoms with Gasteiger partial charge in [-0.2, -0.15) is 0 Å². The maximum atomic E-state index is 12.4. The number of imide groups is 1. The molecular formula is C14H23N5O2. The monoisotopic (exact) mass is 293 g/mol. The molecule has 0 atom stereocenters. The molecule has 116 valence electrons.